The van der Waals surface area contributed by atoms with E-state index in [9.17, 15) is 28.8 Å². The van der Waals surface area contributed by atoms with E-state index in [2.05, 4.69) is 26.8 Å². The Kier molecular flexibility index (Phi) is 7.77. The number of aliphatic hydroxyl groups excluding tert-OH is 1. The molecule has 0 radical (unpaired) electrons. The molecule has 5 rings (SSSR count). The Balaban J connectivity index is 1.38. The number of rotatable bonds is 8. The number of halogens is 3. The largest absolute Gasteiger partial charge is 0.432 e. The van der Waals surface area contributed by atoms with Gasteiger partial charge >= 0.3 is 6.61 Å². The molecule has 1 aliphatic heterocycles. The molecule has 8 nitrogen and oxygen atoms in total. The minimum absolute atomic E-state index is 0.0410. The highest BCUT2D eigenvalue weighted by Crippen LogP contribution is 2.41. The number of alkyl halides is 2. The van der Waals surface area contributed by atoms with Gasteiger partial charge < -0.3 is 24.5 Å². The van der Waals surface area contributed by atoms with Crippen LogP contribution in [0.1, 0.15) is 49.9 Å². The van der Waals surface area contributed by atoms with E-state index >= 15 is 0 Å². The average molecular weight is 553 g/mol. The van der Waals surface area contributed by atoms with Crippen molar-refractivity contribution in [2.45, 2.75) is 63.4 Å². The van der Waals surface area contributed by atoms with Crippen LogP contribution in [0.4, 0.5) is 24.5 Å². The molecule has 1 N–H and O–H groups in total. The minimum Gasteiger partial charge on any atom is -0.432 e. The van der Waals surface area contributed by atoms with Gasteiger partial charge in [-0.3, -0.25) is 0 Å². The molecule has 2 heterocycles. The van der Waals surface area contributed by atoms with Gasteiger partial charge in [-0.25, -0.2) is 9.37 Å². The zero-order chi connectivity index (χ0) is 28.6. The number of benzene rings is 1. The van der Waals surface area contributed by atoms with E-state index in [0.29, 0.717) is 28.7 Å². The Hall–Kier alpha value is -3.96. The van der Waals surface area contributed by atoms with Gasteiger partial charge in [0.05, 0.1) is 11.4 Å². The van der Waals surface area contributed by atoms with Crippen molar-refractivity contribution in [3.8, 4) is 17.9 Å². The Morgan fingerprint density at radius 1 is 1.07 bits per heavy atom. The lowest BCUT2D eigenvalue weighted by Crippen LogP contribution is -2.45. The number of likely N-dealkylation sites (N-methyl/N-ethyl adjacent to an activating group) is 1. The topological polar surface area (TPSA) is 99.7 Å². The van der Waals surface area contributed by atoms with Gasteiger partial charge in [0.1, 0.15) is 29.1 Å². The molecule has 2 aliphatic carbocycles. The molecule has 0 spiro atoms. The van der Waals surface area contributed by atoms with Crippen LogP contribution in [-0.2, 0) is 0 Å². The van der Waals surface area contributed by atoms with Crippen LogP contribution in [0.3, 0.4) is 0 Å². The van der Waals surface area contributed by atoms with Gasteiger partial charge in [0.15, 0.2) is 17.8 Å². The van der Waals surface area contributed by atoms with Crippen molar-refractivity contribution in [2.75, 3.05) is 30.4 Å². The minimum atomic E-state index is -3.11. The van der Waals surface area contributed by atoms with Crippen molar-refractivity contribution in [2.24, 2.45) is 5.92 Å². The third-order valence-electron chi connectivity index (χ3n) is 8.22. The highest BCUT2D eigenvalue weighted by atomic mass is 19.3. The van der Waals surface area contributed by atoms with Gasteiger partial charge in [-0.05, 0) is 68.7 Å². The van der Waals surface area contributed by atoms with Crippen molar-refractivity contribution >= 4 is 17.1 Å². The van der Waals surface area contributed by atoms with Gasteiger partial charge in [0, 0.05) is 44.5 Å². The summed E-state index contributed by atoms with van der Waals surface area (Å²) in [6.45, 7) is -2.34. The van der Waals surface area contributed by atoms with E-state index in [-0.39, 0.29) is 23.4 Å². The second-order valence-corrected chi connectivity index (χ2v) is 10.7. The Morgan fingerprint density at radius 3 is 2.40 bits per heavy atom. The monoisotopic (exact) mass is 552 g/mol. The molecule has 0 bridgehead atoms. The number of nitrogens with zero attached hydrogens (tertiary/aromatic N) is 6. The summed E-state index contributed by atoms with van der Waals surface area (Å²) < 4.78 is 44.2. The summed E-state index contributed by atoms with van der Waals surface area (Å²) in [5.41, 5.74) is 2.70. The molecule has 2 aromatic rings. The number of hydrogen-bond acceptors (Lipinski definition) is 8. The quantitative estimate of drug-likeness (QED) is 0.496. The molecular formula is C29H31F3N6O2. The number of fused-ring (bicyclic) bond motifs is 1. The van der Waals surface area contributed by atoms with Gasteiger partial charge in [-0.15, -0.1) is 0 Å². The van der Waals surface area contributed by atoms with Crippen LogP contribution in [0.15, 0.2) is 35.9 Å². The summed E-state index contributed by atoms with van der Waals surface area (Å²) in [6.07, 6.45) is 4.19. The zero-order valence-corrected chi connectivity index (χ0v) is 22.4. The molecule has 2 fully saturated rings. The van der Waals surface area contributed by atoms with Crippen LogP contribution in [0.25, 0.3) is 5.70 Å². The second kappa shape index (κ2) is 11.3. The molecule has 1 aromatic carbocycles. The summed E-state index contributed by atoms with van der Waals surface area (Å²) in [5, 5.41) is 30.3. The fourth-order valence-electron chi connectivity index (χ4n) is 5.86. The number of aromatic nitrogens is 1. The normalized spacial score (nSPS) is 22.4. The van der Waals surface area contributed by atoms with Crippen molar-refractivity contribution in [1.29, 1.82) is 10.5 Å². The summed E-state index contributed by atoms with van der Waals surface area (Å²) >= 11 is 0. The fourth-order valence-corrected chi connectivity index (χ4v) is 5.86. The Bertz CT molecular complexity index is 1370. The first-order valence-electron chi connectivity index (χ1n) is 13.4. The molecule has 11 heteroatoms. The van der Waals surface area contributed by atoms with Crippen LogP contribution >= 0.6 is 0 Å². The third-order valence-corrected chi connectivity index (χ3v) is 8.22. The smallest absolute Gasteiger partial charge is 0.387 e. The number of aliphatic hydroxyl groups is 1. The zero-order valence-electron chi connectivity index (χ0n) is 22.4. The summed E-state index contributed by atoms with van der Waals surface area (Å²) in [7, 11) is 3.56. The molecule has 0 amide bonds. The van der Waals surface area contributed by atoms with Crippen molar-refractivity contribution in [1.82, 2.24) is 9.88 Å². The van der Waals surface area contributed by atoms with Crippen LogP contribution in [0.5, 0.6) is 5.75 Å². The summed E-state index contributed by atoms with van der Waals surface area (Å²) in [5.74, 6) is -0.761. The van der Waals surface area contributed by atoms with E-state index in [4.69, 9.17) is 0 Å². The molecule has 3 aliphatic rings. The van der Waals surface area contributed by atoms with Crippen LogP contribution < -0.4 is 14.5 Å². The molecule has 40 heavy (non-hydrogen) atoms. The molecular weight excluding hydrogens is 521 g/mol. The van der Waals surface area contributed by atoms with E-state index in [0.717, 1.165) is 45.1 Å². The standard InChI is InChI=1S/C29H31F3N6O2/c1-36(27-22(15-34)28(39)37(2)24-12-5-18(14-33)35-26(24)27)19-6-8-20(9-7-19)38(16-17-3-4-17)21-10-11-23(30)25(13-21)40-29(31)32/h5,10-13,17,19-20,28-29,39H,3-4,6-9,16H2,1-2H3/t19-,20-,28?. The first-order valence-corrected chi connectivity index (χ1v) is 13.4. The van der Waals surface area contributed by atoms with Crippen molar-refractivity contribution in [3.05, 3.63) is 53.1 Å². The van der Waals surface area contributed by atoms with Gasteiger partial charge in [-0.2, -0.15) is 19.3 Å². The van der Waals surface area contributed by atoms with Crippen LogP contribution in [0.2, 0.25) is 0 Å². The van der Waals surface area contributed by atoms with Gasteiger partial charge in [0.2, 0.25) is 0 Å². The molecule has 1 unspecified atom stereocenters. The first-order chi connectivity index (χ1) is 19.2. The lowest BCUT2D eigenvalue weighted by atomic mass is 9.87. The Labute approximate surface area is 231 Å². The van der Waals surface area contributed by atoms with Crippen LogP contribution in [0, 0.1) is 34.4 Å². The number of hydrogen-bond donors (Lipinski definition) is 1. The van der Waals surface area contributed by atoms with Crippen molar-refractivity contribution < 1.29 is 23.0 Å². The highest BCUT2D eigenvalue weighted by Gasteiger charge is 2.37. The summed E-state index contributed by atoms with van der Waals surface area (Å²) in [6, 6.07) is 11.8. The van der Waals surface area contributed by atoms with Crippen LogP contribution in [-0.4, -0.2) is 60.6 Å². The maximum absolute atomic E-state index is 14.1. The molecule has 1 aromatic heterocycles. The highest BCUT2D eigenvalue weighted by molar-refractivity contribution is 5.82. The SMILES string of the molecule is CN1c2ccc(C#N)nc2C(N(C)[C@H]2CC[C@H](N(CC3CC3)c3ccc(F)c(OC(F)F)c3)CC2)=C(C#N)C1O. The maximum Gasteiger partial charge on any atom is 0.387 e. The van der Waals surface area contributed by atoms with Gasteiger partial charge in [0.25, 0.3) is 0 Å². The number of pyridine rings is 1. The lowest BCUT2D eigenvalue weighted by Gasteiger charge is -2.44. The third kappa shape index (κ3) is 5.39. The summed E-state index contributed by atoms with van der Waals surface area (Å²) in [4.78, 5) is 10.3. The van der Waals surface area contributed by atoms with E-state index in [1.807, 2.05) is 11.9 Å². The van der Waals surface area contributed by atoms with E-state index in [1.54, 1.807) is 30.1 Å². The predicted octanol–water partition coefficient (Wildman–Crippen LogP) is 4.86. The predicted molar refractivity (Wildman–Crippen MR) is 143 cm³/mol. The van der Waals surface area contributed by atoms with Gasteiger partial charge in [-0.1, -0.05) is 0 Å². The second-order valence-electron chi connectivity index (χ2n) is 10.7. The average Bonchev–Trinajstić information content (AvgIpc) is 3.78. The number of anilines is 2. The van der Waals surface area contributed by atoms with E-state index < -0.39 is 24.4 Å². The van der Waals surface area contributed by atoms with Crippen molar-refractivity contribution in [3.63, 3.8) is 0 Å². The Morgan fingerprint density at radius 2 is 1.77 bits per heavy atom. The lowest BCUT2D eigenvalue weighted by molar-refractivity contribution is -0.0521. The number of nitriles is 2. The fraction of sp³-hybridized carbons (Fsp3) is 0.483. The number of ether oxygens (including phenoxy) is 1. The first kappa shape index (κ1) is 27.6. The molecule has 0 saturated heterocycles. The molecule has 210 valence electrons. The van der Waals surface area contributed by atoms with E-state index in [1.165, 1.54) is 12.1 Å². The molecule has 1 atom stereocenters. The maximum atomic E-state index is 14.1. The molecule has 2 saturated carbocycles.